The summed E-state index contributed by atoms with van der Waals surface area (Å²) in [7, 11) is -2.14. The van der Waals surface area contributed by atoms with Crippen molar-refractivity contribution in [3.05, 3.63) is 35.4 Å². The van der Waals surface area contributed by atoms with E-state index >= 15 is 0 Å². The number of aryl methyl sites for hydroxylation is 1. The van der Waals surface area contributed by atoms with Gasteiger partial charge in [-0.2, -0.15) is 0 Å². The average molecular weight is 371 g/mol. The van der Waals surface area contributed by atoms with Gasteiger partial charge in [0, 0.05) is 0 Å². The van der Waals surface area contributed by atoms with Crippen molar-refractivity contribution in [1.29, 1.82) is 0 Å². The topological polar surface area (TPSA) is 49.2 Å². The quantitative estimate of drug-likeness (QED) is 0.775. The predicted molar refractivity (Wildman–Crippen MR) is 109 cm³/mol. The number of hydrogen-bond acceptors (Lipinski definition) is 4. The van der Waals surface area contributed by atoms with Crippen LogP contribution in [-0.2, 0) is 15.9 Å². The first-order valence-electron chi connectivity index (χ1n) is 9.26. The Labute approximate surface area is 158 Å². The molecule has 26 heavy (non-hydrogen) atoms. The lowest BCUT2D eigenvalue weighted by Crippen LogP contribution is -2.56. The Kier molecular flexibility index (Phi) is 4.70. The van der Waals surface area contributed by atoms with Crippen molar-refractivity contribution in [1.82, 2.24) is 15.0 Å². The SMILES string of the molecule is Cc1cccc(Cn2nnc([Si](C)(C)C)c2B2OC(C)(C)C(C)(C)O2)c1. The van der Waals surface area contributed by atoms with Crippen LogP contribution in [0.5, 0.6) is 0 Å². The molecule has 7 heteroatoms. The molecule has 1 saturated heterocycles. The Bertz CT molecular complexity index is 795. The van der Waals surface area contributed by atoms with Gasteiger partial charge in [-0.3, -0.25) is 0 Å². The van der Waals surface area contributed by atoms with Gasteiger partial charge < -0.3 is 9.31 Å². The van der Waals surface area contributed by atoms with E-state index < -0.39 is 15.2 Å². The molecule has 0 unspecified atom stereocenters. The van der Waals surface area contributed by atoms with Crippen molar-refractivity contribution >= 4 is 26.1 Å². The molecule has 0 atom stereocenters. The van der Waals surface area contributed by atoms with Gasteiger partial charge in [-0.15, -0.1) is 5.10 Å². The summed E-state index contributed by atoms with van der Waals surface area (Å²) in [6, 6.07) is 8.49. The second-order valence-corrected chi connectivity index (χ2v) is 14.3. The zero-order valence-corrected chi connectivity index (χ0v) is 18.3. The van der Waals surface area contributed by atoms with Crippen molar-refractivity contribution in [2.45, 2.75) is 72.0 Å². The largest absolute Gasteiger partial charge is 0.515 e. The van der Waals surface area contributed by atoms with E-state index in [4.69, 9.17) is 9.31 Å². The highest BCUT2D eigenvalue weighted by Gasteiger charge is 2.54. The van der Waals surface area contributed by atoms with Gasteiger partial charge in [0.2, 0.25) is 0 Å². The third-order valence-corrected chi connectivity index (χ3v) is 7.15. The average Bonchev–Trinajstić information content (AvgIpc) is 2.97. The molecule has 1 aliphatic rings. The maximum Gasteiger partial charge on any atom is 0.515 e. The molecule has 1 fully saturated rings. The molecule has 1 aliphatic heterocycles. The fourth-order valence-corrected chi connectivity index (χ4v) is 4.50. The van der Waals surface area contributed by atoms with Gasteiger partial charge >= 0.3 is 7.12 Å². The summed E-state index contributed by atoms with van der Waals surface area (Å²) in [5.74, 6) is 0. The lowest BCUT2D eigenvalue weighted by molar-refractivity contribution is 0.00578. The van der Waals surface area contributed by atoms with E-state index in [1.54, 1.807) is 0 Å². The Morgan fingerprint density at radius 3 is 2.23 bits per heavy atom. The second kappa shape index (κ2) is 6.32. The van der Waals surface area contributed by atoms with Crippen molar-refractivity contribution in [3.8, 4) is 0 Å². The molecule has 0 saturated carbocycles. The van der Waals surface area contributed by atoms with E-state index in [1.165, 1.54) is 11.1 Å². The predicted octanol–water partition coefficient (Wildman–Crippen LogP) is 2.48. The Morgan fingerprint density at radius 1 is 1.08 bits per heavy atom. The minimum Gasteiger partial charge on any atom is -0.398 e. The third kappa shape index (κ3) is 3.52. The van der Waals surface area contributed by atoms with Crippen LogP contribution in [0, 0.1) is 6.92 Å². The number of benzene rings is 1. The highest BCUT2D eigenvalue weighted by molar-refractivity contribution is 6.91. The van der Waals surface area contributed by atoms with E-state index in [9.17, 15) is 0 Å². The number of aromatic nitrogens is 3. The van der Waals surface area contributed by atoms with Crippen LogP contribution in [0.1, 0.15) is 38.8 Å². The van der Waals surface area contributed by atoms with E-state index in [0.717, 1.165) is 10.9 Å². The van der Waals surface area contributed by atoms with Gasteiger partial charge in [0.15, 0.2) is 0 Å². The summed E-state index contributed by atoms with van der Waals surface area (Å²) in [6.07, 6.45) is 0. The summed E-state index contributed by atoms with van der Waals surface area (Å²) in [4.78, 5) is 0. The van der Waals surface area contributed by atoms with E-state index in [1.807, 2.05) is 4.68 Å². The number of nitrogens with zero attached hydrogens (tertiary/aromatic N) is 3. The maximum atomic E-state index is 6.35. The lowest BCUT2D eigenvalue weighted by Gasteiger charge is -2.32. The summed E-state index contributed by atoms with van der Waals surface area (Å²) in [5, 5.41) is 10.1. The van der Waals surface area contributed by atoms with Crippen molar-refractivity contribution < 1.29 is 9.31 Å². The van der Waals surface area contributed by atoms with E-state index in [0.29, 0.717) is 6.54 Å². The zero-order valence-electron chi connectivity index (χ0n) is 17.3. The van der Waals surface area contributed by atoms with Crippen LogP contribution in [0.15, 0.2) is 24.3 Å². The minimum absolute atomic E-state index is 0.382. The minimum atomic E-state index is -1.70. The van der Waals surface area contributed by atoms with Crippen molar-refractivity contribution in [3.63, 3.8) is 0 Å². The van der Waals surface area contributed by atoms with Crippen LogP contribution in [0.4, 0.5) is 0 Å². The normalized spacial score (nSPS) is 19.2. The number of rotatable bonds is 4. The molecule has 0 spiro atoms. The zero-order chi connectivity index (χ0) is 19.3. The highest BCUT2D eigenvalue weighted by Crippen LogP contribution is 2.36. The fraction of sp³-hybridized carbons (Fsp3) is 0.579. The molecule has 3 rings (SSSR count). The van der Waals surface area contributed by atoms with Gasteiger partial charge in [-0.25, -0.2) is 4.68 Å². The van der Waals surface area contributed by atoms with Gasteiger partial charge in [-0.1, -0.05) is 54.7 Å². The molecule has 140 valence electrons. The van der Waals surface area contributed by atoms with Crippen molar-refractivity contribution in [2.75, 3.05) is 0 Å². The molecule has 0 aliphatic carbocycles. The van der Waals surface area contributed by atoms with Crippen LogP contribution in [0.3, 0.4) is 0 Å². The molecule has 0 radical (unpaired) electrons. The van der Waals surface area contributed by atoms with E-state index in [2.05, 4.69) is 88.8 Å². The van der Waals surface area contributed by atoms with Crippen LogP contribution in [0.25, 0.3) is 0 Å². The summed E-state index contributed by atoms with van der Waals surface area (Å²) >= 11 is 0. The van der Waals surface area contributed by atoms with Crippen LogP contribution < -0.4 is 10.9 Å². The van der Waals surface area contributed by atoms with Crippen LogP contribution in [0.2, 0.25) is 19.6 Å². The molecule has 1 aromatic carbocycles. The first-order valence-corrected chi connectivity index (χ1v) is 12.8. The standard InChI is InChI=1S/C19H30BN3O2Si/c1-14-10-9-11-15(12-14)13-23-16(17(21-22-23)26(6,7)8)20-24-18(2,3)19(4,5)25-20/h9-12H,13H2,1-8H3. The maximum absolute atomic E-state index is 6.35. The van der Waals surface area contributed by atoms with Gasteiger partial charge in [0.05, 0.1) is 28.7 Å². The summed E-state index contributed by atoms with van der Waals surface area (Å²) < 4.78 is 14.7. The fourth-order valence-electron chi connectivity index (χ4n) is 3.14. The third-order valence-electron chi connectivity index (χ3n) is 5.38. The Balaban J connectivity index is 2.03. The molecular formula is C19H30BN3O2Si. The molecule has 5 nitrogen and oxygen atoms in total. The second-order valence-electron chi connectivity index (χ2n) is 9.31. The Hall–Kier alpha value is -1.44. The van der Waals surface area contributed by atoms with Gasteiger partial charge in [0.25, 0.3) is 0 Å². The van der Waals surface area contributed by atoms with Crippen LogP contribution in [-0.4, -0.2) is 41.4 Å². The lowest BCUT2D eigenvalue weighted by atomic mass is 9.85. The van der Waals surface area contributed by atoms with Crippen LogP contribution >= 0.6 is 0 Å². The molecule has 0 N–H and O–H groups in total. The van der Waals surface area contributed by atoms with Crippen molar-refractivity contribution in [2.24, 2.45) is 0 Å². The highest BCUT2D eigenvalue weighted by atomic mass is 28.3. The molecule has 2 heterocycles. The molecule has 0 amide bonds. The molecule has 2 aromatic rings. The van der Waals surface area contributed by atoms with E-state index in [-0.39, 0.29) is 11.2 Å². The summed E-state index contributed by atoms with van der Waals surface area (Å²) in [6.45, 7) is 17.9. The van der Waals surface area contributed by atoms with Gasteiger partial charge in [-0.05, 0) is 40.2 Å². The summed E-state index contributed by atoms with van der Waals surface area (Å²) in [5.41, 5.74) is 2.66. The molecular weight excluding hydrogens is 341 g/mol. The first-order chi connectivity index (χ1) is 11.9. The Morgan fingerprint density at radius 2 is 1.69 bits per heavy atom. The first kappa shape index (κ1) is 19.3. The van der Waals surface area contributed by atoms with Gasteiger partial charge in [0.1, 0.15) is 8.07 Å². The number of hydrogen-bond donors (Lipinski definition) is 0. The monoisotopic (exact) mass is 371 g/mol. The molecule has 0 bridgehead atoms. The molecule has 1 aromatic heterocycles. The smallest absolute Gasteiger partial charge is 0.398 e.